The number of nitro benzene ring substituents is 1. The highest BCUT2D eigenvalue weighted by Gasteiger charge is 2.26. The summed E-state index contributed by atoms with van der Waals surface area (Å²) in [5.41, 5.74) is -0.451. The first-order valence-electron chi connectivity index (χ1n) is 5.73. The van der Waals surface area contributed by atoms with E-state index in [0.717, 1.165) is 18.0 Å². The van der Waals surface area contributed by atoms with E-state index in [1.54, 1.807) is 12.1 Å². The third kappa shape index (κ3) is 3.53. The van der Waals surface area contributed by atoms with Gasteiger partial charge in [-0.15, -0.1) is 0 Å². The summed E-state index contributed by atoms with van der Waals surface area (Å²) >= 11 is 1.02. The average Bonchev–Trinajstić information content (AvgIpc) is 2.37. The van der Waals surface area contributed by atoms with Crippen molar-refractivity contribution >= 4 is 27.3 Å². The zero-order chi connectivity index (χ0) is 15.6. The molecule has 8 heteroatoms. The van der Waals surface area contributed by atoms with Crippen molar-refractivity contribution in [1.29, 1.82) is 0 Å². The molecule has 0 aliphatic carbocycles. The van der Waals surface area contributed by atoms with Crippen LogP contribution in [0, 0.1) is 10.1 Å². The van der Waals surface area contributed by atoms with Gasteiger partial charge in [0.25, 0.3) is 0 Å². The summed E-state index contributed by atoms with van der Waals surface area (Å²) in [6, 6.07) is 10.3. The van der Waals surface area contributed by atoms with E-state index in [1.165, 1.54) is 30.3 Å². The number of benzene rings is 2. The summed E-state index contributed by atoms with van der Waals surface area (Å²) in [6.07, 6.45) is 0.929. The van der Waals surface area contributed by atoms with Crippen molar-refractivity contribution in [3.63, 3.8) is 0 Å². The van der Waals surface area contributed by atoms with E-state index in [0.29, 0.717) is 4.90 Å². The Bertz CT molecular complexity index is 802. The normalized spacial score (nSPS) is 11.3. The van der Waals surface area contributed by atoms with Crippen LogP contribution in [-0.4, -0.2) is 24.7 Å². The Kier molecular flexibility index (Phi) is 4.19. The number of nitro groups is 1. The topological polar surface area (TPSA) is 97.5 Å². The fourth-order valence-corrected chi connectivity index (χ4v) is 3.67. The number of phenolic OH excluding ortho intramolecular Hbond substituents is 1. The van der Waals surface area contributed by atoms with Crippen LogP contribution in [0.2, 0.25) is 0 Å². The van der Waals surface area contributed by atoms with Crippen molar-refractivity contribution in [3.8, 4) is 5.75 Å². The molecule has 1 N–H and O–H groups in total. The molecule has 0 aliphatic rings. The molecule has 21 heavy (non-hydrogen) atoms. The molecule has 110 valence electrons. The highest BCUT2D eigenvalue weighted by atomic mass is 32.2. The molecule has 0 radical (unpaired) electrons. The molecule has 0 atom stereocenters. The number of aromatic hydroxyl groups is 1. The predicted molar refractivity (Wildman–Crippen MR) is 78.4 cm³/mol. The van der Waals surface area contributed by atoms with Gasteiger partial charge in [0.05, 0.1) is 9.82 Å². The predicted octanol–water partition coefficient (Wildman–Crippen LogP) is 2.86. The van der Waals surface area contributed by atoms with Gasteiger partial charge in [-0.05, 0) is 30.3 Å². The number of phenols is 1. The van der Waals surface area contributed by atoms with Crippen molar-refractivity contribution in [1.82, 2.24) is 0 Å². The zero-order valence-corrected chi connectivity index (χ0v) is 12.5. The molecule has 2 aromatic carbocycles. The maximum Gasteiger partial charge on any atom is 0.301 e. The Morgan fingerprint density at radius 1 is 1.19 bits per heavy atom. The largest absolute Gasteiger partial charge is 0.508 e. The molecule has 0 aliphatic heterocycles. The monoisotopic (exact) mass is 325 g/mol. The van der Waals surface area contributed by atoms with Crippen LogP contribution in [0.5, 0.6) is 5.75 Å². The van der Waals surface area contributed by atoms with Gasteiger partial charge in [-0.25, -0.2) is 8.42 Å². The summed E-state index contributed by atoms with van der Waals surface area (Å²) < 4.78 is 23.3. The van der Waals surface area contributed by atoms with Gasteiger partial charge in [-0.3, -0.25) is 10.1 Å². The molecule has 0 saturated carbocycles. The smallest absolute Gasteiger partial charge is 0.301 e. The van der Waals surface area contributed by atoms with E-state index < -0.39 is 20.4 Å². The quantitative estimate of drug-likeness (QED) is 0.685. The maximum absolute atomic E-state index is 11.7. The highest BCUT2D eigenvalue weighted by Crippen LogP contribution is 2.39. The molecule has 2 rings (SSSR count). The van der Waals surface area contributed by atoms with E-state index in [1.807, 2.05) is 0 Å². The van der Waals surface area contributed by atoms with Crippen LogP contribution in [-0.2, 0) is 9.84 Å². The van der Waals surface area contributed by atoms with Gasteiger partial charge in [0, 0.05) is 11.2 Å². The fraction of sp³-hybridized carbons (Fsp3) is 0.0769. The van der Waals surface area contributed by atoms with Gasteiger partial charge in [-0.2, -0.15) is 0 Å². The summed E-state index contributed by atoms with van der Waals surface area (Å²) in [4.78, 5) is 11.0. The van der Waals surface area contributed by atoms with Crippen LogP contribution < -0.4 is 0 Å². The molecule has 0 aromatic heterocycles. The molecule has 2 aromatic rings. The number of hydrogen-bond acceptors (Lipinski definition) is 6. The Labute approximate surface area is 125 Å². The number of hydrogen-bond donors (Lipinski definition) is 1. The van der Waals surface area contributed by atoms with Gasteiger partial charge in [0.1, 0.15) is 10.6 Å². The van der Waals surface area contributed by atoms with Gasteiger partial charge >= 0.3 is 5.69 Å². The lowest BCUT2D eigenvalue weighted by Gasteiger charge is -2.06. The Hall–Kier alpha value is -2.06. The van der Waals surface area contributed by atoms with Crippen molar-refractivity contribution in [2.75, 3.05) is 6.26 Å². The lowest BCUT2D eigenvalue weighted by atomic mass is 10.3. The van der Waals surface area contributed by atoms with Gasteiger partial charge in [-0.1, -0.05) is 23.9 Å². The summed E-state index contributed by atoms with van der Waals surface area (Å²) in [6.45, 7) is 0. The third-order valence-electron chi connectivity index (χ3n) is 2.59. The second-order valence-corrected chi connectivity index (χ2v) is 7.33. The van der Waals surface area contributed by atoms with E-state index in [9.17, 15) is 23.6 Å². The Morgan fingerprint density at radius 2 is 1.86 bits per heavy atom. The molecule has 6 nitrogen and oxygen atoms in total. The number of rotatable bonds is 4. The van der Waals surface area contributed by atoms with E-state index in [2.05, 4.69) is 0 Å². The first-order chi connectivity index (χ1) is 9.79. The van der Waals surface area contributed by atoms with Crippen LogP contribution in [0.15, 0.2) is 57.2 Å². The van der Waals surface area contributed by atoms with Crippen molar-refractivity contribution in [2.24, 2.45) is 0 Å². The van der Waals surface area contributed by atoms with Crippen LogP contribution in [0.1, 0.15) is 0 Å². The van der Waals surface area contributed by atoms with Crippen LogP contribution >= 0.6 is 11.8 Å². The first-order valence-corrected chi connectivity index (χ1v) is 8.44. The second kappa shape index (κ2) is 5.74. The third-order valence-corrected chi connectivity index (χ3v) is 4.76. The van der Waals surface area contributed by atoms with Crippen LogP contribution in [0.25, 0.3) is 0 Å². The molecular weight excluding hydrogens is 314 g/mol. The molecule has 0 saturated heterocycles. The molecule has 0 amide bonds. The first kappa shape index (κ1) is 15.3. The number of nitrogens with zero attached hydrogens (tertiary/aromatic N) is 1. The maximum atomic E-state index is 11.7. The van der Waals surface area contributed by atoms with E-state index in [-0.39, 0.29) is 15.5 Å². The van der Waals surface area contributed by atoms with Crippen LogP contribution in [0.3, 0.4) is 0 Å². The Balaban J connectivity index is 2.57. The van der Waals surface area contributed by atoms with Crippen molar-refractivity contribution in [2.45, 2.75) is 14.7 Å². The van der Waals surface area contributed by atoms with Crippen molar-refractivity contribution < 1.29 is 18.4 Å². The second-order valence-electron chi connectivity index (χ2n) is 4.23. The molecular formula is C13H11NO5S2. The van der Waals surface area contributed by atoms with Gasteiger partial charge in [0.2, 0.25) is 0 Å². The number of para-hydroxylation sites is 1. The van der Waals surface area contributed by atoms with E-state index in [4.69, 9.17) is 0 Å². The standard InChI is InChI=1S/C13H11NO5S2/c1-21(18,19)12-7-3-6-11(13(12)14(16)17)20-10-5-2-4-9(15)8-10/h2-8,15H,1H3. The molecule has 0 spiro atoms. The van der Waals surface area contributed by atoms with Gasteiger partial charge in [0.15, 0.2) is 9.84 Å². The minimum absolute atomic E-state index is 0.0296. The molecule has 0 fully saturated rings. The molecule has 0 bridgehead atoms. The average molecular weight is 325 g/mol. The van der Waals surface area contributed by atoms with Crippen LogP contribution in [0.4, 0.5) is 5.69 Å². The highest BCUT2D eigenvalue weighted by molar-refractivity contribution is 7.99. The lowest BCUT2D eigenvalue weighted by Crippen LogP contribution is -2.03. The van der Waals surface area contributed by atoms with E-state index >= 15 is 0 Å². The van der Waals surface area contributed by atoms with Gasteiger partial charge < -0.3 is 5.11 Å². The summed E-state index contributed by atoms with van der Waals surface area (Å²) in [7, 11) is -3.71. The minimum Gasteiger partial charge on any atom is -0.508 e. The zero-order valence-electron chi connectivity index (χ0n) is 10.9. The Morgan fingerprint density at radius 3 is 2.43 bits per heavy atom. The molecule has 0 unspecified atom stereocenters. The summed E-state index contributed by atoms with van der Waals surface area (Å²) in [5, 5.41) is 20.6. The number of sulfone groups is 1. The molecule has 0 heterocycles. The van der Waals surface area contributed by atoms with Crippen molar-refractivity contribution in [3.05, 3.63) is 52.6 Å². The SMILES string of the molecule is CS(=O)(=O)c1cccc(Sc2cccc(O)c2)c1[N+](=O)[O-]. The summed E-state index contributed by atoms with van der Waals surface area (Å²) in [5.74, 6) is 0.0296. The lowest BCUT2D eigenvalue weighted by molar-refractivity contribution is -0.390. The minimum atomic E-state index is -3.71. The fourth-order valence-electron chi connectivity index (χ4n) is 1.74.